The van der Waals surface area contributed by atoms with Gasteiger partial charge in [-0.2, -0.15) is 5.10 Å². The molecule has 1 aromatic heterocycles. The van der Waals surface area contributed by atoms with Crippen LogP contribution in [0, 0.1) is 0 Å². The third-order valence-corrected chi connectivity index (χ3v) is 5.34. The summed E-state index contributed by atoms with van der Waals surface area (Å²) in [6.07, 6.45) is 0.475. The van der Waals surface area contributed by atoms with Gasteiger partial charge in [-0.25, -0.2) is 5.43 Å². The molecule has 0 aliphatic carbocycles. The third-order valence-electron chi connectivity index (χ3n) is 5.34. The van der Waals surface area contributed by atoms with E-state index in [9.17, 15) is 9.59 Å². The molecule has 2 aliphatic rings. The Labute approximate surface area is 161 Å². The van der Waals surface area contributed by atoms with E-state index in [1.54, 1.807) is 11.0 Å². The fraction of sp³-hybridized carbons (Fsp3) is 0.190. The molecule has 5 rings (SSSR count). The Balaban J connectivity index is 1.48. The number of rotatable bonds is 3. The molecule has 1 atom stereocenters. The van der Waals surface area contributed by atoms with E-state index in [1.165, 1.54) is 0 Å². The number of H-pyrrole nitrogens is 1. The van der Waals surface area contributed by atoms with Gasteiger partial charge in [0.05, 0.1) is 30.4 Å². The first-order valence-corrected chi connectivity index (χ1v) is 9.21. The summed E-state index contributed by atoms with van der Waals surface area (Å²) in [4.78, 5) is 30.4. The normalized spacial score (nSPS) is 16.4. The zero-order valence-corrected chi connectivity index (χ0v) is 15.1. The van der Waals surface area contributed by atoms with Crippen LogP contribution < -0.4 is 11.2 Å². The second-order valence-electron chi connectivity index (χ2n) is 7.20. The maximum Gasteiger partial charge on any atom is 0.272 e. The van der Waals surface area contributed by atoms with Crippen LogP contribution in [-0.2, 0) is 17.8 Å². The Morgan fingerprint density at radius 3 is 2.79 bits per heavy atom. The number of aromatic nitrogens is 1. The lowest BCUT2D eigenvalue weighted by Crippen LogP contribution is -2.48. The molecule has 0 radical (unpaired) electrons. The number of benzene rings is 2. The molecule has 0 bridgehead atoms. The minimum Gasteiger partial charge on any atom is -0.356 e. The molecule has 0 saturated carbocycles. The predicted octanol–water partition coefficient (Wildman–Crippen LogP) is 1.53. The maximum atomic E-state index is 13.0. The van der Waals surface area contributed by atoms with Crippen LogP contribution >= 0.6 is 0 Å². The van der Waals surface area contributed by atoms with Crippen LogP contribution in [0.3, 0.4) is 0 Å². The molecule has 0 spiro atoms. The Morgan fingerprint density at radius 2 is 1.96 bits per heavy atom. The molecule has 0 saturated heterocycles. The van der Waals surface area contributed by atoms with Gasteiger partial charge in [0.15, 0.2) is 0 Å². The summed E-state index contributed by atoms with van der Waals surface area (Å²) in [7, 11) is 0. The molecule has 140 valence electrons. The number of hydrogen-bond acceptors (Lipinski definition) is 4. The zero-order valence-electron chi connectivity index (χ0n) is 15.1. The van der Waals surface area contributed by atoms with E-state index in [0.717, 1.165) is 27.7 Å². The fourth-order valence-corrected chi connectivity index (χ4v) is 4.05. The Hall–Kier alpha value is -3.45. The van der Waals surface area contributed by atoms with Crippen molar-refractivity contribution >= 4 is 28.4 Å². The number of amides is 2. The lowest BCUT2D eigenvalue weighted by Gasteiger charge is -2.30. The minimum absolute atomic E-state index is 0.133. The highest BCUT2D eigenvalue weighted by Crippen LogP contribution is 2.32. The quantitative estimate of drug-likeness (QED) is 0.648. The topological polar surface area (TPSA) is 104 Å². The number of nitrogens with zero attached hydrogens (tertiary/aromatic N) is 2. The summed E-state index contributed by atoms with van der Waals surface area (Å²) >= 11 is 0. The van der Waals surface area contributed by atoms with Gasteiger partial charge in [-0.3, -0.25) is 9.59 Å². The minimum atomic E-state index is -0.634. The smallest absolute Gasteiger partial charge is 0.272 e. The zero-order chi connectivity index (χ0) is 19.3. The number of hydrazone groups is 1. The summed E-state index contributed by atoms with van der Waals surface area (Å²) in [5.41, 5.74) is 13.8. The van der Waals surface area contributed by atoms with Gasteiger partial charge in [-0.05, 0) is 24.1 Å². The molecule has 28 heavy (non-hydrogen) atoms. The Bertz CT molecular complexity index is 1130. The van der Waals surface area contributed by atoms with Crippen LogP contribution in [0.2, 0.25) is 0 Å². The summed E-state index contributed by atoms with van der Waals surface area (Å²) in [5.74, 6) is -0.375. The highest BCUT2D eigenvalue weighted by Gasteiger charge is 2.33. The van der Waals surface area contributed by atoms with Crippen molar-refractivity contribution in [3.8, 4) is 0 Å². The number of hydrogen-bond donors (Lipinski definition) is 3. The molecular formula is C21H19N5O2. The van der Waals surface area contributed by atoms with Crippen LogP contribution in [0.4, 0.5) is 0 Å². The van der Waals surface area contributed by atoms with Gasteiger partial charge in [0.25, 0.3) is 5.91 Å². The number of nitrogens with one attached hydrogen (secondary N) is 2. The summed E-state index contributed by atoms with van der Waals surface area (Å²) in [5, 5.41) is 5.15. The van der Waals surface area contributed by atoms with Gasteiger partial charge in [-0.15, -0.1) is 0 Å². The fourth-order valence-electron chi connectivity index (χ4n) is 4.05. The highest BCUT2D eigenvalue weighted by molar-refractivity contribution is 6.21. The van der Waals surface area contributed by atoms with Crippen molar-refractivity contribution in [2.45, 2.75) is 19.0 Å². The predicted molar refractivity (Wildman–Crippen MR) is 106 cm³/mol. The lowest BCUT2D eigenvalue weighted by molar-refractivity contribution is -0.132. The first kappa shape index (κ1) is 16.7. The first-order chi connectivity index (χ1) is 13.6. The maximum absolute atomic E-state index is 13.0. The second kappa shape index (κ2) is 6.31. The summed E-state index contributed by atoms with van der Waals surface area (Å²) in [6.45, 7) is 0.730. The molecule has 7 heteroatoms. The van der Waals surface area contributed by atoms with Crippen molar-refractivity contribution in [1.82, 2.24) is 15.3 Å². The van der Waals surface area contributed by atoms with E-state index >= 15 is 0 Å². The van der Waals surface area contributed by atoms with Crippen molar-refractivity contribution in [1.29, 1.82) is 0 Å². The van der Waals surface area contributed by atoms with Gasteiger partial charge >= 0.3 is 0 Å². The molecule has 2 aromatic carbocycles. The van der Waals surface area contributed by atoms with E-state index in [4.69, 9.17) is 5.73 Å². The van der Waals surface area contributed by atoms with Gasteiger partial charge in [0.2, 0.25) is 5.91 Å². The SMILES string of the molecule is N[C@H](Cc1ccccc1)C(=O)N1CC2=NNC(=O)c3cccc4[nH]c(c2c34)C1. The van der Waals surface area contributed by atoms with Crippen LogP contribution in [-0.4, -0.2) is 40.0 Å². The number of nitrogens with two attached hydrogens (primary N) is 1. The van der Waals surface area contributed by atoms with Gasteiger partial charge in [-0.1, -0.05) is 36.4 Å². The van der Waals surface area contributed by atoms with Crippen molar-refractivity contribution < 1.29 is 9.59 Å². The van der Waals surface area contributed by atoms with Crippen LogP contribution in [0.5, 0.6) is 0 Å². The molecule has 2 amide bonds. The van der Waals surface area contributed by atoms with Crippen LogP contribution in [0.15, 0.2) is 53.6 Å². The van der Waals surface area contributed by atoms with Gasteiger partial charge < -0.3 is 15.6 Å². The summed E-state index contributed by atoms with van der Waals surface area (Å²) < 4.78 is 0. The molecule has 2 aliphatic heterocycles. The standard InChI is InChI=1S/C21H19N5O2/c22-14(9-12-5-2-1-3-6-12)21(28)26-10-16-19-17(11-26)24-25-20(27)13-7-4-8-15(23-16)18(13)19/h1-8,14,23H,9-11,22H2,(H,25,27)/t14-/m1/s1. The first-order valence-electron chi connectivity index (χ1n) is 9.21. The molecule has 0 unspecified atom stereocenters. The van der Waals surface area contributed by atoms with E-state index < -0.39 is 6.04 Å². The third kappa shape index (κ3) is 2.59. The molecule has 7 nitrogen and oxygen atoms in total. The molecule has 4 N–H and O–H groups in total. The molecule has 3 heterocycles. The number of carbonyl (C=O) groups excluding carboxylic acids is 2. The van der Waals surface area contributed by atoms with Crippen molar-refractivity contribution in [2.24, 2.45) is 10.8 Å². The van der Waals surface area contributed by atoms with E-state index in [-0.39, 0.29) is 11.8 Å². The van der Waals surface area contributed by atoms with E-state index in [0.29, 0.717) is 30.8 Å². The van der Waals surface area contributed by atoms with Crippen LogP contribution in [0.25, 0.3) is 10.9 Å². The average Bonchev–Trinajstić information content (AvgIpc) is 3.03. The second-order valence-corrected chi connectivity index (χ2v) is 7.20. The van der Waals surface area contributed by atoms with Gasteiger partial charge in [0.1, 0.15) is 0 Å². The summed E-state index contributed by atoms with van der Waals surface area (Å²) in [6, 6.07) is 14.7. The Morgan fingerprint density at radius 1 is 1.14 bits per heavy atom. The van der Waals surface area contributed by atoms with Crippen LogP contribution in [0.1, 0.15) is 27.2 Å². The van der Waals surface area contributed by atoms with Crippen molar-refractivity contribution in [2.75, 3.05) is 6.54 Å². The van der Waals surface area contributed by atoms with Crippen molar-refractivity contribution in [3.05, 3.63) is 70.9 Å². The van der Waals surface area contributed by atoms with Crippen molar-refractivity contribution in [3.63, 3.8) is 0 Å². The molecular weight excluding hydrogens is 354 g/mol. The van der Waals surface area contributed by atoms with E-state index in [2.05, 4.69) is 15.5 Å². The lowest BCUT2D eigenvalue weighted by atomic mass is 9.97. The number of aromatic amines is 1. The molecule has 0 fully saturated rings. The van der Waals surface area contributed by atoms with E-state index in [1.807, 2.05) is 42.5 Å². The monoisotopic (exact) mass is 373 g/mol. The molecule has 3 aromatic rings. The largest absolute Gasteiger partial charge is 0.356 e. The Kier molecular flexibility index (Phi) is 3.77. The number of carbonyl (C=O) groups is 2. The van der Waals surface area contributed by atoms with Gasteiger partial charge in [0, 0.05) is 22.2 Å². The average molecular weight is 373 g/mol. The highest BCUT2D eigenvalue weighted by atomic mass is 16.2.